The average Bonchev–Trinajstić information content (AvgIpc) is 3.17. The van der Waals surface area contributed by atoms with Crippen LogP contribution < -0.4 is 0 Å². The summed E-state index contributed by atoms with van der Waals surface area (Å²) < 4.78 is 24.2. The van der Waals surface area contributed by atoms with Crippen molar-refractivity contribution in [1.82, 2.24) is 0 Å². The van der Waals surface area contributed by atoms with Crippen molar-refractivity contribution in [2.75, 3.05) is 6.26 Å². The predicted octanol–water partition coefficient (Wildman–Crippen LogP) is 5.37. The molecule has 0 aliphatic heterocycles. The van der Waals surface area contributed by atoms with Crippen molar-refractivity contribution in [2.24, 2.45) is 0 Å². The van der Waals surface area contributed by atoms with Crippen LogP contribution in [-0.4, -0.2) is 43.7 Å². The minimum atomic E-state index is -1.34. The highest BCUT2D eigenvalue weighted by molar-refractivity contribution is 7.84. The first-order valence-corrected chi connectivity index (χ1v) is 12.5. The van der Waals surface area contributed by atoms with Gasteiger partial charge in [0.25, 0.3) is 0 Å². The van der Waals surface area contributed by atoms with E-state index in [2.05, 4.69) is 0 Å². The van der Waals surface area contributed by atoms with Gasteiger partial charge in [-0.25, -0.2) is 14.0 Å². The number of aliphatic carboxylic acids is 1. The summed E-state index contributed by atoms with van der Waals surface area (Å²) in [4.78, 5) is 33.0. The zero-order valence-corrected chi connectivity index (χ0v) is 20.7. The van der Waals surface area contributed by atoms with E-state index in [-0.39, 0.29) is 23.1 Å². The third kappa shape index (κ3) is 6.65. The van der Waals surface area contributed by atoms with Gasteiger partial charge in [-0.2, -0.15) is 0 Å². The van der Waals surface area contributed by atoms with E-state index in [0.29, 0.717) is 0 Å². The van der Waals surface area contributed by atoms with Crippen molar-refractivity contribution >= 4 is 45.9 Å². The Morgan fingerprint density at radius 3 is 1.92 bits per heavy atom. The highest BCUT2D eigenvalue weighted by Crippen LogP contribution is 2.37. The van der Waals surface area contributed by atoms with Crippen molar-refractivity contribution in [3.63, 3.8) is 0 Å². The lowest BCUT2D eigenvalue weighted by molar-refractivity contribution is -0.135. The molecule has 3 N–H and O–H groups in total. The van der Waals surface area contributed by atoms with Crippen molar-refractivity contribution in [3.05, 3.63) is 106 Å². The van der Waals surface area contributed by atoms with Crippen LogP contribution in [0.3, 0.4) is 0 Å². The van der Waals surface area contributed by atoms with Crippen LogP contribution in [0.4, 0.5) is 4.39 Å². The van der Waals surface area contributed by atoms with E-state index in [0.717, 1.165) is 44.9 Å². The van der Waals surface area contributed by atoms with Crippen LogP contribution in [0.25, 0.3) is 17.2 Å². The first-order valence-electron chi connectivity index (χ1n) is 10.9. The monoisotopic (exact) mass is 522 g/mol. The van der Waals surface area contributed by atoms with E-state index >= 15 is 0 Å². The Labute approximate surface area is 214 Å². The van der Waals surface area contributed by atoms with Crippen molar-refractivity contribution in [2.45, 2.75) is 18.2 Å². The number of hydrogen-bond acceptors (Lipinski definition) is 4. The van der Waals surface area contributed by atoms with Gasteiger partial charge in [-0.3, -0.25) is 9.00 Å². The first kappa shape index (κ1) is 27.2. The highest BCUT2D eigenvalue weighted by atomic mass is 32.2. The van der Waals surface area contributed by atoms with E-state index in [1.807, 2.05) is 60.7 Å². The molecule has 3 aromatic rings. The lowest BCUT2D eigenvalue weighted by Crippen LogP contribution is -2.08. The van der Waals surface area contributed by atoms with E-state index in [1.165, 1.54) is 6.92 Å². The molecular weight excluding hydrogens is 499 g/mol. The van der Waals surface area contributed by atoms with Crippen LogP contribution in [0.2, 0.25) is 0 Å². The number of carboxylic acids is 3. The van der Waals surface area contributed by atoms with Gasteiger partial charge in [0, 0.05) is 22.0 Å². The van der Waals surface area contributed by atoms with Gasteiger partial charge >= 0.3 is 17.9 Å². The molecule has 190 valence electrons. The summed E-state index contributed by atoms with van der Waals surface area (Å²) in [5.74, 6) is -4.39. The molecule has 0 heterocycles. The van der Waals surface area contributed by atoms with Crippen molar-refractivity contribution in [1.29, 1.82) is 0 Å². The Morgan fingerprint density at radius 1 is 0.892 bits per heavy atom. The quantitative estimate of drug-likeness (QED) is 0.397. The van der Waals surface area contributed by atoms with Crippen LogP contribution in [0.1, 0.15) is 49.4 Å². The molecule has 1 unspecified atom stereocenters. The molecule has 0 spiro atoms. The molecule has 1 aliphatic carbocycles. The number of hydrogen-bond donors (Lipinski definition) is 3. The Kier molecular flexibility index (Phi) is 8.52. The third-order valence-corrected chi connectivity index (χ3v) is 6.56. The van der Waals surface area contributed by atoms with E-state index < -0.39 is 34.5 Å². The smallest absolute Gasteiger partial charge is 0.336 e. The van der Waals surface area contributed by atoms with Crippen molar-refractivity contribution in [3.8, 4) is 0 Å². The molecule has 9 heteroatoms. The molecule has 37 heavy (non-hydrogen) atoms. The van der Waals surface area contributed by atoms with Crippen LogP contribution >= 0.6 is 0 Å². The number of benzene rings is 3. The van der Waals surface area contributed by atoms with Crippen LogP contribution in [0.5, 0.6) is 0 Å². The maximum Gasteiger partial charge on any atom is 0.336 e. The van der Waals surface area contributed by atoms with Gasteiger partial charge in [0.2, 0.25) is 0 Å². The summed E-state index contributed by atoms with van der Waals surface area (Å²) in [5, 5.41) is 26.3. The molecule has 7 nitrogen and oxygen atoms in total. The second-order valence-electron chi connectivity index (χ2n) is 8.14. The summed E-state index contributed by atoms with van der Waals surface area (Å²) in [5.41, 5.74) is 4.24. The second kappa shape index (κ2) is 11.6. The number of allylic oxidation sites excluding steroid dienone is 2. The number of halogens is 1. The SMILES string of the molecule is CS(=O)c1ccc(C=C2C=C(CC(=O)O)c3ccccc32)cc1.Cc1c(C(=O)O)cc(F)cc1C(=O)O. The lowest BCUT2D eigenvalue weighted by atomic mass is 10.0. The van der Waals surface area contributed by atoms with E-state index in [4.69, 9.17) is 15.3 Å². The van der Waals surface area contributed by atoms with Gasteiger partial charge in [0.15, 0.2) is 0 Å². The highest BCUT2D eigenvalue weighted by Gasteiger charge is 2.19. The fourth-order valence-corrected chi connectivity index (χ4v) is 4.36. The number of carbonyl (C=O) groups is 3. The van der Waals surface area contributed by atoms with Gasteiger partial charge in [-0.1, -0.05) is 36.4 Å². The topological polar surface area (TPSA) is 129 Å². The van der Waals surface area contributed by atoms with E-state index in [9.17, 15) is 23.0 Å². The lowest BCUT2D eigenvalue weighted by Gasteiger charge is -2.04. The van der Waals surface area contributed by atoms with E-state index in [1.54, 1.807) is 6.26 Å². The third-order valence-electron chi connectivity index (χ3n) is 5.62. The molecule has 0 aromatic heterocycles. The van der Waals surface area contributed by atoms with Gasteiger partial charge in [0.1, 0.15) is 5.82 Å². The fraction of sp³-hybridized carbons (Fsp3) is 0.107. The van der Waals surface area contributed by atoms with Crippen LogP contribution in [0.15, 0.2) is 71.6 Å². The summed E-state index contributed by atoms with van der Waals surface area (Å²) in [6.07, 6.45) is 5.63. The normalized spacial score (nSPS) is 13.7. The molecule has 1 aliphatic rings. The summed E-state index contributed by atoms with van der Waals surface area (Å²) in [6, 6.07) is 17.0. The van der Waals surface area contributed by atoms with Gasteiger partial charge in [0.05, 0.1) is 17.5 Å². The molecule has 0 amide bonds. The predicted molar refractivity (Wildman–Crippen MR) is 138 cm³/mol. The minimum Gasteiger partial charge on any atom is -0.481 e. The Bertz CT molecular complexity index is 1440. The maximum absolute atomic E-state index is 12.8. The summed E-state index contributed by atoms with van der Waals surface area (Å²) >= 11 is 0. The first-order chi connectivity index (χ1) is 17.5. The molecule has 0 radical (unpaired) electrons. The number of aromatic carboxylic acids is 2. The minimum absolute atomic E-state index is 0.0160. The van der Waals surface area contributed by atoms with Crippen LogP contribution in [-0.2, 0) is 15.6 Å². The zero-order valence-electron chi connectivity index (χ0n) is 19.9. The maximum atomic E-state index is 12.8. The number of fused-ring (bicyclic) bond motifs is 1. The molecule has 4 rings (SSSR count). The molecule has 1 atom stereocenters. The molecule has 3 aromatic carbocycles. The number of rotatable bonds is 6. The van der Waals surface area contributed by atoms with Gasteiger partial charge < -0.3 is 15.3 Å². The number of carboxylic acid groups (broad SMARTS) is 3. The van der Waals surface area contributed by atoms with Crippen LogP contribution in [0, 0.1) is 12.7 Å². The molecular formula is C28H23FO7S. The van der Waals surface area contributed by atoms with Gasteiger partial charge in [-0.15, -0.1) is 0 Å². The Hall–Kier alpha value is -4.37. The molecule has 0 fully saturated rings. The summed E-state index contributed by atoms with van der Waals surface area (Å²) in [7, 11) is -0.988. The fourth-order valence-electron chi connectivity index (χ4n) is 3.85. The van der Waals surface area contributed by atoms with Gasteiger partial charge in [-0.05, 0) is 76.7 Å². The Balaban J connectivity index is 0.000000233. The summed E-state index contributed by atoms with van der Waals surface area (Å²) in [6.45, 7) is 1.33. The molecule has 0 bridgehead atoms. The Morgan fingerprint density at radius 2 is 1.43 bits per heavy atom. The van der Waals surface area contributed by atoms with Crippen molar-refractivity contribution < 1.29 is 38.3 Å². The largest absolute Gasteiger partial charge is 0.481 e. The zero-order chi connectivity index (χ0) is 27.3. The molecule has 0 saturated carbocycles. The average molecular weight is 523 g/mol. The standard InChI is InChI=1S/C19H16O3S.C9H7FO4/c1-23(22)16-8-6-13(7-9-16)10-14-11-15(12-19(20)21)18-5-3-2-4-17(14)18;1-4-6(8(11)12)2-5(10)3-7(4)9(13)14/h2-11H,12H2,1H3,(H,20,21);2-3H,1H3,(H,11,12)(H,13,14). The second-order valence-corrected chi connectivity index (χ2v) is 9.52. The molecule has 0 saturated heterocycles.